The third-order valence-corrected chi connectivity index (χ3v) is 1.34. The number of aryl methyl sites for hydroxylation is 1. The molecule has 6 heteroatoms. The number of rotatable bonds is 2. The number of anilines is 1. The first-order valence-corrected chi connectivity index (χ1v) is 3.57. The Bertz CT molecular complexity index is 269. The zero-order valence-electron chi connectivity index (χ0n) is 6.74. The number of amides is 2. The monoisotopic (exact) mass is 169 g/mol. The van der Waals surface area contributed by atoms with E-state index in [1.54, 1.807) is 16.9 Å². The first-order chi connectivity index (χ1) is 5.76. The molecule has 66 valence electrons. The molecule has 0 saturated carbocycles. The van der Waals surface area contributed by atoms with Gasteiger partial charge in [-0.1, -0.05) is 0 Å². The zero-order valence-corrected chi connectivity index (χ0v) is 6.74. The Hall–Kier alpha value is -1.56. The van der Waals surface area contributed by atoms with E-state index in [0.29, 0.717) is 5.82 Å². The SMILES string of the molecule is CCn1ccc(NC(=O)NN)n1. The van der Waals surface area contributed by atoms with Crippen molar-refractivity contribution in [3.63, 3.8) is 0 Å². The lowest BCUT2D eigenvalue weighted by molar-refractivity contribution is 0.252. The van der Waals surface area contributed by atoms with Crippen molar-refractivity contribution >= 4 is 11.8 Å². The number of nitrogens with one attached hydrogen (secondary N) is 2. The highest BCUT2D eigenvalue weighted by Crippen LogP contribution is 2.00. The highest BCUT2D eigenvalue weighted by molar-refractivity contribution is 5.87. The summed E-state index contributed by atoms with van der Waals surface area (Å²) >= 11 is 0. The summed E-state index contributed by atoms with van der Waals surface area (Å²) in [6, 6.07) is 1.22. The minimum absolute atomic E-state index is 0.476. The summed E-state index contributed by atoms with van der Waals surface area (Å²) in [5, 5.41) is 6.45. The molecular weight excluding hydrogens is 158 g/mol. The number of hydrogen-bond donors (Lipinski definition) is 3. The predicted molar refractivity (Wildman–Crippen MR) is 44.2 cm³/mol. The van der Waals surface area contributed by atoms with Gasteiger partial charge in [-0.2, -0.15) is 5.10 Å². The quantitative estimate of drug-likeness (QED) is 0.328. The van der Waals surface area contributed by atoms with Crippen molar-refractivity contribution in [1.29, 1.82) is 0 Å². The van der Waals surface area contributed by atoms with Crippen LogP contribution in [0.15, 0.2) is 12.3 Å². The lowest BCUT2D eigenvalue weighted by atomic mass is 10.6. The van der Waals surface area contributed by atoms with Crippen LogP contribution in [0, 0.1) is 0 Å². The van der Waals surface area contributed by atoms with Crippen LogP contribution in [0.4, 0.5) is 10.6 Å². The summed E-state index contributed by atoms with van der Waals surface area (Å²) in [6.07, 6.45) is 1.77. The molecule has 0 radical (unpaired) electrons. The Morgan fingerprint density at radius 1 is 1.83 bits per heavy atom. The van der Waals surface area contributed by atoms with E-state index in [2.05, 4.69) is 10.4 Å². The molecule has 12 heavy (non-hydrogen) atoms. The molecule has 0 bridgehead atoms. The number of hydrazine groups is 1. The number of nitrogens with two attached hydrogens (primary N) is 1. The molecule has 0 aromatic carbocycles. The normalized spacial score (nSPS) is 9.50. The van der Waals surface area contributed by atoms with Crippen molar-refractivity contribution in [3.8, 4) is 0 Å². The van der Waals surface area contributed by atoms with Crippen LogP contribution in [0.1, 0.15) is 6.92 Å². The molecule has 1 aromatic heterocycles. The topological polar surface area (TPSA) is 85.0 Å². The molecule has 0 unspecified atom stereocenters. The van der Waals surface area contributed by atoms with E-state index in [9.17, 15) is 4.79 Å². The van der Waals surface area contributed by atoms with Crippen LogP contribution >= 0.6 is 0 Å². The van der Waals surface area contributed by atoms with E-state index in [-0.39, 0.29) is 0 Å². The van der Waals surface area contributed by atoms with Gasteiger partial charge in [-0.25, -0.2) is 10.6 Å². The smallest absolute Gasteiger partial charge is 0.290 e. The van der Waals surface area contributed by atoms with Crippen LogP contribution in [-0.4, -0.2) is 15.8 Å². The second-order valence-electron chi connectivity index (χ2n) is 2.16. The standard InChI is InChI=1S/C6H11N5O/c1-2-11-4-3-5(10-11)8-6(12)9-7/h3-4H,2,7H2,1H3,(H2,8,9,10,12). The Morgan fingerprint density at radius 2 is 2.58 bits per heavy atom. The van der Waals surface area contributed by atoms with Crippen LogP contribution < -0.4 is 16.6 Å². The molecule has 1 rings (SSSR count). The molecule has 0 saturated heterocycles. The highest BCUT2D eigenvalue weighted by Gasteiger charge is 2.00. The largest absolute Gasteiger partial charge is 0.334 e. The van der Waals surface area contributed by atoms with Crippen LogP contribution in [0.2, 0.25) is 0 Å². The number of carbonyl (C=O) groups excluding carboxylic acids is 1. The summed E-state index contributed by atoms with van der Waals surface area (Å²) in [6.45, 7) is 2.73. The number of urea groups is 1. The summed E-state index contributed by atoms with van der Waals surface area (Å²) in [7, 11) is 0. The number of hydrogen-bond acceptors (Lipinski definition) is 3. The van der Waals surface area contributed by atoms with Gasteiger partial charge in [0.2, 0.25) is 0 Å². The number of aromatic nitrogens is 2. The molecule has 0 spiro atoms. The van der Waals surface area contributed by atoms with Crippen molar-refractivity contribution in [2.75, 3.05) is 5.32 Å². The molecule has 2 amide bonds. The van der Waals surface area contributed by atoms with Crippen LogP contribution in [-0.2, 0) is 6.54 Å². The third-order valence-electron chi connectivity index (χ3n) is 1.34. The Morgan fingerprint density at radius 3 is 3.08 bits per heavy atom. The molecule has 0 aliphatic carbocycles. The molecule has 0 aliphatic rings. The van der Waals surface area contributed by atoms with Crippen LogP contribution in [0.25, 0.3) is 0 Å². The van der Waals surface area contributed by atoms with Gasteiger partial charge in [-0.05, 0) is 6.92 Å². The fourth-order valence-electron chi connectivity index (χ4n) is 0.757. The average Bonchev–Trinajstić information content (AvgIpc) is 2.52. The lowest BCUT2D eigenvalue weighted by Gasteiger charge is -1.98. The lowest BCUT2D eigenvalue weighted by Crippen LogP contribution is -2.34. The van der Waals surface area contributed by atoms with Gasteiger partial charge in [0.05, 0.1) is 0 Å². The van der Waals surface area contributed by atoms with Gasteiger partial charge in [0.15, 0.2) is 5.82 Å². The van der Waals surface area contributed by atoms with Crippen LogP contribution in [0.5, 0.6) is 0 Å². The van der Waals surface area contributed by atoms with E-state index in [4.69, 9.17) is 5.84 Å². The molecule has 6 nitrogen and oxygen atoms in total. The predicted octanol–water partition coefficient (Wildman–Crippen LogP) is -0.102. The number of carbonyl (C=O) groups is 1. The maximum absolute atomic E-state index is 10.7. The highest BCUT2D eigenvalue weighted by atomic mass is 16.2. The fourth-order valence-corrected chi connectivity index (χ4v) is 0.757. The average molecular weight is 169 g/mol. The van der Waals surface area contributed by atoms with Crippen molar-refractivity contribution in [2.45, 2.75) is 13.5 Å². The van der Waals surface area contributed by atoms with Gasteiger partial charge in [-0.3, -0.25) is 15.4 Å². The molecular formula is C6H11N5O. The summed E-state index contributed by atoms with van der Waals surface area (Å²) < 4.78 is 1.70. The molecule has 0 aliphatic heterocycles. The maximum atomic E-state index is 10.7. The molecule has 1 aromatic rings. The second kappa shape index (κ2) is 3.72. The summed E-state index contributed by atoms with van der Waals surface area (Å²) in [4.78, 5) is 10.7. The fraction of sp³-hybridized carbons (Fsp3) is 0.333. The van der Waals surface area contributed by atoms with E-state index >= 15 is 0 Å². The molecule has 0 fully saturated rings. The molecule has 1 heterocycles. The van der Waals surface area contributed by atoms with Gasteiger partial charge < -0.3 is 0 Å². The zero-order chi connectivity index (χ0) is 8.97. The minimum atomic E-state index is -0.476. The van der Waals surface area contributed by atoms with Crippen LogP contribution in [0.3, 0.4) is 0 Å². The molecule has 4 N–H and O–H groups in total. The first-order valence-electron chi connectivity index (χ1n) is 3.57. The second-order valence-corrected chi connectivity index (χ2v) is 2.16. The van der Waals surface area contributed by atoms with Crippen molar-refractivity contribution in [2.24, 2.45) is 5.84 Å². The van der Waals surface area contributed by atoms with Crippen molar-refractivity contribution in [1.82, 2.24) is 15.2 Å². The van der Waals surface area contributed by atoms with E-state index < -0.39 is 6.03 Å². The molecule has 0 atom stereocenters. The number of nitrogens with zero attached hydrogens (tertiary/aromatic N) is 2. The van der Waals surface area contributed by atoms with E-state index in [1.807, 2.05) is 12.3 Å². The summed E-state index contributed by atoms with van der Waals surface area (Å²) in [5.74, 6) is 5.35. The van der Waals surface area contributed by atoms with E-state index in [1.165, 1.54) is 0 Å². The summed E-state index contributed by atoms with van der Waals surface area (Å²) in [5.41, 5.74) is 1.94. The van der Waals surface area contributed by atoms with Gasteiger partial charge >= 0.3 is 6.03 Å². The van der Waals surface area contributed by atoms with E-state index in [0.717, 1.165) is 6.54 Å². The van der Waals surface area contributed by atoms with Gasteiger partial charge in [0, 0.05) is 18.8 Å². The van der Waals surface area contributed by atoms with Crippen molar-refractivity contribution < 1.29 is 4.79 Å². The minimum Gasteiger partial charge on any atom is -0.290 e. The Kier molecular flexibility index (Phi) is 2.65. The maximum Gasteiger partial charge on any atom is 0.334 e. The Labute approximate surface area is 69.7 Å². The van der Waals surface area contributed by atoms with Crippen molar-refractivity contribution in [3.05, 3.63) is 12.3 Å². The first kappa shape index (κ1) is 8.54. The van der Waals surface area contributed by atoms with Gasteiger partial charge in [0.1, 0.15) is 0 Å². The third kappa shape index (κ3) is 1.96. The van der Waals surface area contributed by atoms with Gasteiger partial charge in [0.25, 0.3) is 0 Å². The Balaban J connectivity index is 2.58. The van der Waals surface area contributed by atoms with Gasteiger partial charge in [-0.15, -0.1) is 0 Å².